The van der Waals surface area contributed by atoms with Crippen LogP contribution in [0.1, 0.15) is 11.1 Å². The first-order chi connectivity index (χ1) is 31.5. The largest absolute Gasteiger partial charge is 2.00 e. The molecule has 0 saturated heterocycles. The molecular formula is C54H38Br2N8Pt2+4. The van der Waals surface area contributed by atoms with E-state index in [9.17, 15) is 0 Å². The summed E-state index contributed by atoms with van der Waals surface area (Å²) in [6.45, 7) is 0. The van der Waals surface area contributed by atoms with E-state index in [4.69, 9.17) is 9.97 Å². The molecule has 0 bridgehead atoms. The Kier molecular flexibility index (Phi) is 18.9. The SMILES string of the molecule is Brc1ccc(-c2cc(-c3ccccn3)nc(-c3ccccn3)c2)cc1.Brc1ccc(-c2cc(-c3ccccn3)nc(-c3ccccn3)c2)cc1.C(=C\c1ccncc1)/c1ccncc1.[Pt+2].[Pt+2]. The van der Waals surface area contributed by atoms with Crippen molar-refractivity contribution in [2.45, 2.75) is 0 Å². The number of nitrogens with zero attached hydrogens (tertiary/aromatic N) is 8. The van der Waals surface area contributed by atoms with Crippen molar-refractivity contribution in [3.63, 3.8) is 0 Å². The van der Waals surface area contributed by atoms with Gasteiger partial charge in [0, 0.05) is 58.5 Å². The molecule has 8 nitrogen and oxygen atoms in total. The third-order valence-electron chi connectivity index (χ3n) is 9.60. The van der Waals surface area contributed by atoms with E-state index >= 15 is 0 Å². The summed E-state index contributed by atoms with van der Waals surface area (Å²) < 4.78 is 2.11. The molecule has 0 N–H and O–H groups in total. The van der Waals surface area contributed by atoms with E-state index in [-0.39, 0.29) is 42.1 Å². The zero-order valence-corrected chi connectivity index (χ0v) is 42.6. The summed E-state index contributed by atoms with van der Waals surface area (Å²) in [4.78, 5) is 35.2. The molecule has 10 rings (SSSR count). The van der Waals surface area contributed by atoms with Gasteiger partial charge >= 0.3 is 42.1 Å². The van der Waals surface area contributed by atoms with Gasteiger partial charge in [-0.3, -0.25) is 29.9 Å². The van der Waals surface area contributed by atoms with Gasteiger partial charge in [0.25, 0.3) is 0 Å². The number of hydrogen-bond donors (Lipinski definition) is 0. The molecule has 10 aromatic rings. The Morgan fingerprint density at radius 1 is 0.288 bits per heavy atom. The summed E-state index contributed by atoms with van der Waals surface area (Å²) in [5.41, 5.74) is 13.4. The normalized spacial score (nSPS) is 10.3. The number of pyridine rings is 8. The van der Waals surface area contributed by atoms with Crippen molar-refractivity contribution in [1.29, 1.82) is 0 Å². The third-order valence-corrected chi connectivity index (χ3v) is 10.7. The fraction of sp³-hybridized carbons (Fsp3) is 0. The van der Waals surface area contributed by atoms with Crippen LogP contribution in [0.15, 0.2) is 228 Å². The van der Waals surface area contributed by atoms with E-state index < -0.39 is 0 Å². The van der Waals surface area contributed by atoms with E-state index in [2.05, 4.69) is 122 Å². The van der Waals surface area contributed by atoms with Crippen molar-refractivity contribution in [2.24, 2.45) is 0 Å². The van der Waals surface area contributed by atoms with Gasteiger partial charge < -0.3 is 0 Å². The first-order valence-electron chi connectivity index (χ1n) is 20.2. The van der Waals surface area contributed by atoms with Gasteiger partial charge in [0.15, 0.2) is 0 Å². The van der Waals surface area contributed by atoms with Crippen LogP contribution in [-0.4, -0.2) is 39.9 Å². The van der Waals surface area contributed by atoms with Crippen molar-refractivity contribution in [3.05, 3.63) is 240 Å². The molecule has 0 fully saturated rings. The molecule has 0 aliphatic heterocycles. The van der Waals surface area contributed by atoms with E-state index in [1.54, 1.807) is 49.6 Å². The maximum atomic E-state index is 4.78. The summed E-state index contributed by atoms with van der Waals surface area (Å²) in [5, 5.41) is 0. The quantitative estimate of drug-likeness (QED) is 0.148. The Hall–Kier alpha value is -6.28. The standard InChI is InChI=1S/2C21H14BrN3.C12H10N2.2Pt/c2*22-17-9-7-15(8-10-17)16-13-20(18-5-1-3-11-23-18)25-21(14-16)19-6-2-4-12-24-19;1(11-3-7-13-8-4-11)2-12-5-9-14-10-6-12;;/h2*1-14H;1-10H;;/q;;;2*+2/b;;2-1+;;. The van der Waals surface area contributed by atoms with E-state index in [0.29, 0.717) is 0 Å². The predicted molar refractivity (Wildman–Crippen MR) is 265 cm³/mol. The fourth-order valence-electron chi connectivity index (χ4n) is 6.40. The fourth-order valence-corrected chi connectivity index (χ4v) is 6.93. The molecule has 66 heavy (non-hydrogen) atoms. The van der Waals surface area contributed by atoms with Crippen LogP contribution in [0.3, 0.4) is 0 Å². The minimum Gasteiger partial charge on any atom is -0.265 e. The maximum absolute atomic E-state index is 4.78. The van der Waals surface area contributed by atoms with Crippen molar-refractivity contribution in [3.8, 4) is 67.8 Å². The van der Waals surface area contributed by atoms with Gasteiger partial charge in [-0.1, -0.05) is 92.5 Å². The zero-order chi connectivity index (χ0) is 43.8. The summed E-state index contributed by atoms with van der Waals surface area (Å²) >= 11 is 6.98. The second kappa shape index (κ2) is 25.4. The zero-order valence-electron chi connectivity index (χ0n) is 34.9. The molecule has 0 unspecified atom stereocenters. The van der Waals surface area contributed by atoms with Gasteiger partial charge in [-0.15, -0.1) is 0 Å². The van der Waals surface area contributed by atoms with Gasteiger partial charge in [0.05, 0.1) is 45.6 Å². The number of halogens is 2. The predicted octanol–water partition coefficient (Wildman–Crippen LogP) is 13.9. The van der Waals surface area contributed by atoms with Crippen LogP contribution >= 0.6 is 31.9 Å². The number of rotatable bonds is 8. The van der Waals surface area contributed by atoms with Gasteiger partial charge in [-0.25, -0.2) is 9.97 Å². The molecule has 0 radical (unpaired) electrons. The Morgan fingerprint density at radius 2 is 0.576 bits per heavy atom. The first-order valence-corrected chi connectivity index (χ1v) is 21.8. The minimum atomic E-state index is 0. The monoisotopic (exact) mass is 1350 g/mol. The van der Waals surface area contributed by atoms with E-state index in [1.165, 1.54) is 0 Å². The maximum Gasteiger partial charge on any atom is 2.00 e. The van der Waals surface area contributed by atoms with Crippen LogP contribution in [0.4, 0.5) is 0 Å². The third kappa shape index (κ3) is 14.1. The van der Waals surface area contributed by atoms with Crippen molar-refractivity contribution in [2.75, 3.05) is 0 Å². The van der Waals surface area contributed by atoms with Crippen molar-refractivity contribution in [1.82, 2.24) is 39.9 Å². The molecule has 0 saturated carbocycles. The minimum absolute atomic E-state index is 0. The van der Waals surface area contributed by atoms with Crippen LogP contribution in [-0.2, 0) is 42.1 Å². The van der Waals surface area contributed by atoms with Crippen LogP contribution in [0.5, 0.6) is 0 Å². The van der Waals surface area contributed by atoms with Crippen LogP contribution in [0.2, 0.25) is 0 Å². The van der Waals surface area contributed by atoms with E-state index in [1.807, 2.05) is 121 Å². The second-order valence-corrected chi connectivity index (χ2v) is 15.9. The number of hydrogen-bond acceptors (Lipinski definition) is 8. The molecule has 0 amide bonds. The Bertz CT molecular complexity index is 2710. The molecule has 2 aromatic carbocycles. The van der Waals surface area contributed by atoms with Crippen LogP contribution < -0.4 is 0 Å². The summed E-state index contributed by atoms with van der Waals surface area (Å²) in [7, 11) is 0. The van der Waals surface area contributed by atoms with Crippen molar-refractivity contribution >= 4 is 44.0 Å². The van der Waals surface area contributed by atoms with Gasteiger partial charge in [-0.05, 0) is 155 Å². The molecule has 0 aliphatic rings. The van der Waals surface area contributed by atoms with Crippen molar-refractivity contribution < 1.29 is 42.1 Å². The average molecular weight is 1350 g/mol. The summed E-state index contributed by atoms with van der Waals surface area (Å²) in [6.07, 6.45) is 18.4. The molecule has 0 aliphatic carbocycles. The van der Waals surface area contributed by atoms with Gasteiger partial charge in [0.2, 0.25) is 0 Å². The van der Waals surface area contributed by atoms with E-state index in [0.717, 1.165) is 87.9 Å². The Balaban J connectivity index is 0.000000168. The average Bonchev–Trinajstić information content (AvgIpc) is 3.38. The summed E-state index contributed by atoms with van der Waals surface area (Å²) in [5.74, 6) is 0. The topological polar surface area (TPSA) is 103 Å². The number of benzene rings is 2. The summed E-state index contributed by atoms with van der Waals surface area (Å²) in [6, 6.07) is 56.0. The molecule has 8 aromatic heterocycles. The van der Waals surface area contributed by atoms with Crippen LogP contribution in [0, 0.1) is 0 Å². The molecular weight excluding hydrogens is 1310 g/mol. The van der Waals surface area contributed by atoms with Gasteiger partial charge in [0.1, 0.15) is 0 Å². The van der Waals surface area contributed by atoms with Gasteiger partial charge in [-0.2, -0.15) is 0 Å². The molecule has 0 atom stereocenters. The second-order valence-electron chi connectivity index (χ2n) is 14.0. The molecule has 8 heterocycles. The molecule has 0 spiro atoms. The van der Waals surface area contributed by atoms with Crippen LogP contribution in [0.25, 0.3) is 80.0 Å². The molecule has 324 valence electrons. The Morgan fingerprint density at radius 3 is 0.833 bits per heavy atom. The molecule has 12 heteroatoms. The first kappa shape index (κ1) is 49.2. The smallest absolute Gasteiger partial charge is 0.265 e. The number of aromatic nitrogens is 8. The Labute approximate surface area is 429 Å².